The average molecular weight is 513 g/mol. The van der Waals surface area contributed by atoms with E-state index in [0.29, 0.717) is 88.6 Å². The molecule has 0 aliphatic carbocycles. The summed E-state index contributed by atoms with van der Waals surface area (Å²) in [6.07, 6.45) is 3.53. The number of carbonyl (C=O) groups excluding carboxylic acids is 3. The number of aromatic nitrogens is 2. The fraction of sp³-hybridized carbons (Fsp3) is 0.556. The lowest BCUT2D eigenvalue weighted by atomic mass is 10.1. The van der Waals surface area contributed by atoms with Gasteiger partial charge in [0.25, 0.3) is 11.8 Å². The molecule has 10 heteroatoms. The Balaban J connectivity index is 1.32. The topological polar surface area (TPSA) is 112 Å². The molecule has 0 spiro atoms. The van der Waals surface area contributed by atoms with Gasteiger partial charge < -0.3 is 24.4 Å². The molecule has 10 nitrogen and oxygen atoms in total. The minimum Gasteiger partial charge on any atom is -0.462 e. The third-order valence-corrected chi connectivity index (χ3v) is 6.56. The first kappa shape index (κ1) is 26.8. The van der Waals surface area contributed by atoms with Crippen molar-refractivity contribution in [3.8, 4) is 0 Å². The molecule has 2 amide bonds. The second kappa shape index (κ2) is 13.3. The molecule has 0 saturated carbocycles. The number of ether oxygens (including phenoxy) is 3. The van der Waals surface area contributed by atoms with Crippen molar-refractivity contribution in [2.45, 2.75) is 45.6 Å². The lowest BCUT2D eigenvalue weighted by molar-refractivity contribution is 0.0302. The fourth-order valence-corrected chi connectivity index (χ4v) is 4.57. The number of aryl methyl sites for hydroxylation is 2. The van der Waals surface area contributed by atoms with E-state index in [-0.39, 0.29) is 18.4 Å². The minimum absolute atomic E-state index is 0.0640. The number of esters is 1. The van der Waals surface area contributed by atoms with Crippen LogP contribution in [0, 0.1) is 0 Å². The maximum absolute atomic E-state index is 12.9. The summed E-state index contributed by atoms with van der Waals surface area (Å²) in [4.78, 5) is 39.7. The van der Waals surface area contributed by atoms with Gasteiger partial charge in [-0.2, -0.15) is 5.10 Å². The molecule has 0 radical (unpaired) electrons. The van der Waals surface area contributed by atoms with Gasteiger partial charge in [0, 0.05) is 51.4 Å². The average Bonchev–Trinajstić information content (AvgIpc) is 3.27. The van der Waals surface area contributed by atoms with Gasteiger partial charge in [0.1, 0.15) is 0 Å². The summed E-state index contributed by atoms with van der Waals surface area (Å²) >= 11 is 0. The molecule has 4 rings (SSSR count). The second-order valence-electron chi connectivity index (χ2n) is 9.14. The summed E-state index contributed by atoms with van der Waals surface area (Å²) in [5, 5.41) is 7.68. The normalized spacial score (nSPS) is 16.9. The van der Waals surface area contributed by atoms with Crippen molar-refractivity contribution in [3.05, 3.63) is 52.3 Å². The van der Waals surface area contributed by atoms with E-state index in [9.17, 15) is 14.4 Å². The third kappa shape index (κ3) is 6.95. The van der Waals surface area contributed by atoms with Crippen LogP contribution < -0.4 is 5.32 Å². The summed E-state index contributed by atoms with van der Waals surface area (Å²) in [6, 6.07) is 6.55. The molecular weight excluding hydrogens is 476 g/mol. The summed E-state index contributed by atoms with van der Waals surface area (Å²) in [7, 11) is 0. The van der Waals surface area contributed by atoms with E-state index in [1.54, 1.807) is 29.2 Å². The Morgan fingerprint density at radius 1 is 1.03 bits per heavy atom. The summed E-state index contributed by atoms with van der Waals surface area (Å²) < 4.78 is 18.3. The van der Waals surface area contributed by atoms with E-state index < -0.39 is 5.97 Å². The fourth-order valence-electron chi connectivity index (χ4n) is 4.57. The van der Waals surface area contributed by atoms with Crippen LogP contribution in [0.4, 0.5) is 0 Å². The van der Waals surface area contributed by atoms with Gasteiger partial charge in [-0.25, -0.2) is 4.79 Å². The number of fused-ring (bicyclic) bond motifs is 1. The zero-order valence-corrected chi connectivity index (χ0v) is 21.5. The Morgan fingerprint density at radius 2 is 1.73 bits per heavy atom. The van der Waals surface area contributed by atoms with E-state index >= 15 is 0 Å². The Kier molecular flexibility index (Phi) is 9.67. The second-order valence-corrected chi connectivity index (χ2v) is 9.14. The van der Waals surface area contributed by atoms with E-state index in [1.165, 1.54) is 0 Å². The van der Waals surface area contributed by atoms with Crippen LogP contribution in [0.5, 0.6) is 0 Å². The Morgan fingerprint density at radius 3 is 2.49 bits per heavy atom. The molecule has 0 atom stereocenters. The highest BCUT2D eigenvalue weighted by molar-refractivity contribution is 5.97. The maximum atomic E-state index is 12.9. The first-order chi connectivity index (χ1) is 18.1. The van der Waals surface area contributed by atoms with Crippen LogP contribution >= 0.6 is 0 Å². The largest absolute Gasteiger partial charge is 0.462 e. The van der Waals surface area contributed by atoms with Crippen molar-refractivity contribution in [1.82, 2.24) is 20.0 Å². The molecule has 1 saturated heterocycles. The molecule has 1 N–H and O–H groups in total. The van der Waals surface area contributed by atoms with Crippen molar-refractivity contribution >= 4 is 17.8 Å². The Hall–Kier alpha value is -3.24. The number of nitrogens with one attached hydrogen (secondary N) is 1. The van der Waals surface area contributed by atoms with Crippen molar-refractivity contribution < 1.29 is 28.6 Å². The molecule has 37 heavy (non-hydrogen) atoms. The molecule has 2 aromatic rings. The van der Waals surface area contributed by atoms with Gasteiger partial charge >= 0.3 is 5.97 Å². The van der Waals surface area contributed by atoms with Crippen molar-refractivity contribution in [3.63, 3.8) is 0 Å². The van der Waals surface area contributed by atoms with E-state index in [0.717, 1.165) is 24.2 Å². The highest BCUT2D eigenvalue weighted by atomic mass is 16.5. The van der Waals surface area contributed by atoms with E-state index in [4.69, 9.17) is 19.3 Å². The monoisotopic (exact) mass is 512 g/mol. The van der Waals surface area contributed by atoms with Crippen LogP contribution in [0.25, 0.3) is 0 Å². The molecule has 1 aromatic carbocycles. The van der Waals surface area contributed by atoms with Crippen LogP contribution in [0.15, 0.2) is 24.3 Å². The number of morpholine rings is 1. The number of benzene rings is 1. The van der Waals surface area contributed by atoms with Gasteiger partial charge in [-0.1, -0.05) is 6.92 Å². The van der Waals surface area contributed by atoms with Gasteiger partial charge in [0.15, 0.2) is 0 Å². The van der Waals surface area contributed by atoms with Crippen LogP contribution in [-0.2, 0) is 33.6 Å². The predicted octanol–water partition coefficient (Wildman–Crippen LogP) is 2.25. The lowest BCUT2D eigenvalue weighted by Gasteiger charge is -2.26. The number of rotatable bonds is 7. The first-order valence-electron chi connectivity index (χ1n) is 13.2. The number of hydrogen-bond acceptors (Lipinski definition) is 7. The molecule has 3 heterocycles. The molecule has 200 valence electrons. The van der Waals surface area contributed by atoms with E-state index in [2.05, 4.69) is 5.32 Å². The van der Waals surface area contributed by atoms with Crippen LogP contribution in [0.3, 0.4) is 0 Å². The van der Waals surface area contributed by atoms with Gasteiger partial charge in [-0.15, -0.1) is 0 Å². The Labute approximate surface area is 217 Å². The molecule has 1 fully saturated rings. The van der Waals surface area contributed by atoms with Gasteiger partial charge in [-0.05, 0) is 49.9 Å². The Bertz CT molecular complexity index is 1080. The van der Waals surface area contributed by atoms with Crippen LogP contribution in [-0.4, -0.2) is 85.1 Å². The molecule has 2 aliphatic rings. The lowest BCUT2D eigenvalue weighted by Crippen LogP contribution is -2.40. The van der Waals surface area contributed by atoms with E-state index in [1.807, 2.05) is 11.6 Å². The highest BCUT2D eigenvalue weighted by Crippen LogP contribution is 2.19. The zero-order valence-electron chi connectivity index (χ0n) is 21.5. The highest BCUT2D eigenvalue weighted by Gasteiger charge is 2.23. The smallest absolute Gasteiger partial charge is 0.338 e. The SMILES string of the molecule is CCc1nn(CCCOC(=O)c2ccc(C(=O)N3CCOCC3)cc2)c2c1C(=O)NCCCOCCC2. The molecule has 0 bridgehead atoms. The first-order valence-corrected chi connectivity index (χ1v) is 13.2. The number of hydrogen-bond donors (Lipinski definition) is 1. The summed E-state index contributed by atoms with van der Waals surface area (Å²) in [5.74, 6) is -0.580. The summed E-state index contributed by atoms with van der Waals surface area (Å²) in [5.41, 5.74) is 3.31. The number of amides is 2. The molecule has 1 aromatic heterocycles. The molecule has 0 unspecified atom stereocenters. The minimum atomic E-state index is -0.434. The standard InChI is InChI=1S/C27H36N4O6/c1-2-22-24-23(6-3-15-35-16-4-11-28-25(24)32)31(29-22)12-5-17-37-27(34)21-9-7-20(8-10-21)26(33)30-13-18-36-19-14-30/h7-10H,2-6,11-19H2,1H3,(H,28,32). The van der Waals surface area contributed by atoms with Gasteiger partial charge in [0.05, 0.1) is 42.3 Å². The quantitative estimate of drug-likeness (QED) is 0.447. The van der Waals surface area contributed by atoms with Crippen LogP contribution in [0.1, 0.15) is 68.6 Å². The van der Waals surface area contributed by atoms with Crippen molar-refractivity contribution in [2.24, 2.45) is 0 Å². The predicted molar refractivity (Wildman–Crippen MR) is 136 cm³/mol. The van der Waals surface area contributed by atoms with Crippen molar-refractivity contribution in [2.75, 3.05) is 52.7 Å². The van der Waals surface area contributed by atoms with Crippen LogP contribution in [0.2, 0.25) is 0 Å². The van der Waals surface area contributed by atoms with Gasteiger partial charge in [-0.3, -0.25) is 14.3 Å². The number of carbonyl (C=O) groups is 3. The number of nitrogens with zero attached hydrogens (tertiary/aromatic N) is 3. The third-order valence-electron chi connectivity index (χ3n) is 6.56. The molecule has 2 aliphatic heterocycles. The maximum Gasteiger partial charge on any atom is 0.338 e. The molecular formula is C27H36N4O6. The van der Waals surface area contributed by atoms with Crippen molar-refractivity contribution in [1.29, 1.82) is 0 Å². The summed E-state index contributed by atoms with van der Waals surface area (Å²) in [6.45, 7) is 6.84. The van der Waals surface area contributed by atoms with Gasteiger partial charge in [0.2, 0.25) is 0 Å². The zero-order chi connectivity index (χ0) is 26.0.